The minimum atomic E-state index is -1.10. The first kappa shape index (κ1) is 15.4. The van der Waals surface area contributed by atoms with Gasteiger partial charge in [-0.2, -0.15) is 0 Å². The number of carboxylic acid groups (broad SMARTS) is 1. The van der Waals surface area contributed by atoms with Gasteiger partial charge >= 0.3 is 5.97 Å². The van der Waals surface area contributed by atoms with Gasteiger partial charge in [0.1, 0.15) is 6.54 Å². The van der Waals surface area contributed by atoms with E-state index in [-0.39, 0.29) is 18.1 Å². The Morgan fingerprint density at radius 3 is 2.59 bits per heavy atom. The molecule has 1 heterocycles. The SMILES string of the molecule is COc1cncc(C(=O)N(CC(=O)O)Cc2ccccc2)n1. The fourth-order valence-electron chi connectivity index (χ4n) is 1.88. The van der Waals surface area contributed by atoms with E-state index >= 15 is 0 Å². The Balaban J connectivity index is 2.23. The van der Waals surface area contributed by atoms with Crippen LogP contribution in [0.25, 0.3) is 0 Å². The Morgan fingerprint density at radius 1 is 1.23 bits per heavy atom. The average Bonchev–Trinajstić information content (AvgIpc) is 2.54. The number of hydrogen-bond donors (Lipinski definition) is 1. The lowest BCUT2D eigenvalue weighted by Gasteiger charge is -2.20. The topological polar surface area (TPSA) is 92.6 Å². The van der Waals surface area contributed by atoms with E-state index < -0.39 is 18.4 Å². The molecule has 0 atom stereocenters. The summed E-state index contributed by atoms with van der Waals surface area (Å²) in [6.45, 7) is -0.252. The van der Waals surface area contributed by atoms with Crippen molar-refractivity contribution >= 4 is 11.9 Å². The van der Waals surface area contributed by atoms with Crippen LogP contribution in [0.2, 0.25) is 0 Å². The van der Waals surface area contributed by atoms with Gasteiger partial charge in [0.05, 0.1) is 19.5 Å². The van der Waals surface area contributed by atoms with E-state index in [1.807, 2.05) is 30.3 Å². The first-order valence-electron chi connectivity index (χ1n) is 6.51. The molecule has 0 aliphatic rings. The summed E-state index contributed by atoms with van der Waals surface area (Å²) < 4.78 is 4.92. The summed E-state index contributed by atoms with van der Waals surface area (Å²) in [7, 11) is 1.41. The first-order chi connectivity index (χ1) is 10.6. The number of hydrogen-bond acceptors (Lipinski definition) is 5. The second-order valence-corrected chi connectivity index (χ2v) is 4.49. The molecule has 0 saturated carbocycles. The van der Waals surface area contributed by atoms with Crippen LogP contribution in [0.3, 0.4) is 0 Å². The molecule has 1 N–H and O–H groups in total. The van der Waals surface area contributed by atoms with Crippen molar-refractivity contribution in [3.05, 3.63) is 54.0 Å². The first-order valence-corrected chi connectivity index (χ1v) is 6.51. The summed E-state index contributed by atoms with van der Waals surface area (Å²) in [6.07, 6.45) is 2.65. The number of rotatable bonds is 6. The third kappa shape index (κ3) is 4.02. The number of carboxylic acids is 1. The summed E-state index contributed by atoms with van der Waals surface area (Å²) in [5.41, 5.74) is 0.865. The molecule has 1 aromatic heterocycles. The van der Waals surface area contributed by atoms with E-state index in [4.69, 9.17) is 9.84 Å². The van der Waals surface area contributed by atoms with Crippen molar-refractivity contribution < 1.29 is 19.4 Å². The Bertz CT molecular complexity index is 661. The fraction of sp³-hybridized carbons (Fsp3) is 0.200. The lowest BCUT2D eigenvalue weighted by atomic mass is 10.2. The van der Waals surface area contributed by atoms with Gasteiger partial charge in [-0.3, -0.25) is 14.6 Å². The van der Waals surface area contributed by atoms with Gasteiger partial charge in [0, 0.05) is 6.54 Å². The highest BCUT2D eigenvalue weighted by Gasteiger charge is 2.21. The molecule has 0 unspecified atom stereocenters. The Kier molecular flexibility index (Phi) is 5.02. The number of aromatic nitrogens is 2. The molecule has 0 spiro atoms. The van der Waals surface area contributed by atoms with Gasteiger partial charge in [-0.25, -0.2) is 4.98 Å². The molecule has 114 valence electrons. The van der Waals surface area contributed by atoms with E-state index in [0.29, 0.717) is 0 Å². The van der Waals surface area contributed by atoms with Crippen LogP contribution < -0.4 is 4.74 Å². The van der Waals surface area contributed by atoms with Crippen molar-refractivity contribution in [2.75, 3.05) is 13.7 Å². The van der Waals surface area contributed by atoms with Gasteiger partial charge in [0.15, 0.2) is 5.69 Å². The van der Waals surface area contributed by atoms with Crippen molar-refractivity contribution in [1.82, 2.24) is 14.9 Å². The van der Waals surface area contributed by atoms with E-state index in [1.165, 1.54) is 24.4 Å². The number of aliphatic carboxylic acids is 1. The lowest BCUT2D eigenvalue weighted by Crippen LogP contribution is -2.35. The van der Waals surface area contributed by atoms with Crippen molar-refractivity contribution in [1.29, 1.82) is 0 Å². The second kappa shape index (κ2) is 7.16. The largest absolute Gasteiger partial charge is 0.480 e. The van der Waals surface area contributed by atoms with Crippen LogP contribution in [-0.2, 0) is 11.3 Å². The molecule has 0 radical (unpaired) electrons. The minimum Gasteiger partial charge on any atom is -0.480 e. The second-order valence-electron chi connectivity index (χ2n) is 4.49. The molecule has 2 rings (SSSR count). The Hall–Kier alpha value is -2.96. The maximum absolute atomic E-state index is 12.5. The van der Waals surface area contributed by atoms with E-state index in [2.05, 4.69) is 9.97 Å². The van der Waals surface area contributed by atoms with E-state index in [0.717, 1.165) is 5.56 Å². The van der Waals surface area contributed by atoms with Crippen LogP contribution in [0.15, 0.2) is 42.7 Å². The van der Waals surface area contributed by atoms with Gasteiger partial charge in [0.2, 0.25) is 5.88 Å². The summed E-state index contributed by atoms with van der Waals surface area (Å²) in [5.74, 6) is -1.42. The normalized spacial score (nSPS) is 10.0. The van der Waals surface area contributed by atoms with Crippen molar-refractivity contribution in [2.45, 2.75) is 6.54 Å². The number of carbonyl (C=O) groups is 2. The van der Waals surface area contributed by atoms with Crippen LogP contribution >= 0.6 is 0 Å². The zero-order valence-electron chi connectivity index (χ0n) is 12.0. The smallest absolute Gasteiger partial charge is 0.323 e. The number of methoxy groups -OCH3 is 1. The highest BCUT2D eigenvalue weighted by Crippen LogP contribution is 2.10. The van der Waals surface area contributed by atoms with E-state index in [1.54, 1.807) is 0 Å². The predicted octanol–water partition coefficient (Wildman–Crippen LogP) is 1.21. The Labute approximate surface area is 127 Å². The summed E-state index contributed by atoms with van der Waals surface area (Å²) in [6, 6.07) is 9.13. The quantitative estimate of drug-likeness (QED) is 0.862. The summed E-state index contributed by atoms with van der Waals surface area (Å²) >= 11 is 0. The zero-order valence-corrected chi connectivity index (χ0v) is 12.0. The molecule has 1 aromatic carbocycles. The predicted molar refractivity (Wildman–Crippen MR) is 77.4 cm³/mol. The van der Waals surface area contributed by atoms with Crippen molar-refractivity contribution in [3.63, 3.8) is 0 Å². The number of carbonyl (C=O) groups excluding carboxylic acids is 1. The highest BCUT2D eigenvalue weighted by atomic mass is 16.5. The maximum atomic E-state index is 12.5. The van der Waals surface area contributed by atoms with Gasteiger partial charge in [-0.1, -0.05) is 30.3 Å². The molecular formula is C15H15N3O4. The van der Waals surface area contributed by atoms with Crippen LogP contribution in [0.4, 0.5) is 0 Å². The lowest BCUT2D eigenvalue weighted by molar-refractivity contribution is -0.137. The molecule has 0 aliphatic heterocycles. The Morgan fingerprint density at radius 2 is 1.95 bits per heavy atom. The van der Waals surface area contributed by atoms with E-state index in [9.17, 15) is 9.59 Å². The molecule has 7 nitrogen and oxygen atoms in total. The number of ether oxygens (including phenoxy) is 1. The van der Waals surface area contributed by atoms with Crippen molar-refractivity contribution in [3.8, 4) is 5.88 Å². The number of nitrogens with zero attached hydrogens (tertiary/aromatic N) is 3. The highest BCUT2D eigenvalue weighted by molar-refractivity contribution is 5.93. The van der Waals surface area contributed by atoms with Crippen LogP contribution in [0, 0.1) is 0 Å². The number of benzene rings is 1. The standard InChI is InChI=1S/C15H15N3O4/c1-22-13-8-16-7-12(17-13)15(21)18(10-14(19)20)9-11-5-3-2-4-6-11/h2-8H,9-10H2,1H3,(H,19,20). The third-order valence-corrected chi connectivity index (χ3v) is 2.87. The van der Waals surface area contributed by atoms with Crippen molar-refractivity contribution in [2.24, 2.45) is 0 Å². The molecule has 0 bridgehead atoms. The molecule has 22 heavy (non-hydrogen) atoms. The van der Waals surface area contributed by atoms with Crippen LogP contribution in [0.5, 0.6) is 5.88 Å². The minimum absolute atomic E-state index is 0.0385. The molecule has 7 heteroatoms. The van der Waals surface area contributed by atoms with Gasteiger partial charge < -0.3 is 14.7 Å². The third-order valence-electron chi connectivity index (χ3n) is 2.87. The molecular weight excluding hydrogens is 286 g/mol. The molecule has 0 fully saturated rings. The maximum Gasteiger partial charge on any atom is 0.323 e. The fourth-order valence-corrected chi connectivity index (χ4v) is 1.88. The molecule has 2 aromatic rings. The summed E-state index contributed by atoms with van der Waals surface area (Å²) in [4.78, 5) is 32.5. The molecule has 1 amide bonds. The van der Waals surface area contributed by atoms with Crippen LogP contribution in [-0.4, -0.2) is 45.5 Å². The van der Waals surface area contributed by atoms with Gasteiger partial charge in [-0.15, -0.1) is 0 Å². The molecule has 0 saturated heterocycles. The van der Waals surface area contributed by atoms with Crippen LogP contribution in [0.1, 0.15) is 16.1 Å². The summed E-state index contributed by atoms with van der Waals surface area (Å²) in [5, 5.41) is 9.00. The van der Waals surface area contributed by atoms with Gasteiger partial charge in [-0.05, 0) is 5.56 Å². The zero-order chi connectivity index (χ0) is 15.9. The monoisotopic (exact) mass is 301 g/mol. The van der Waals surface area contributed by atoms with Gasteiger partial charge in [0.25, 0.3) is 5.91 Å². The molecule has 0 aliphatic carbocycles. The average molecular weight is 301 g/mol. The number of amides is 1.